The van der Waals surface area contributed by atoms with Crippen LogP contribution in [0.1, 0.15) is 15.9 Å². The standard InChI is InChI=1S/C17H12F3N3O3/c18-17(19,20)26-12-6-4-11(5-7-12)9-22-15(24)13-10-21-14-3-1-2-8-23(14)16(13)25/h1-8,10H,9H2,(H,22,24). The number of amides is 1. The van der Waals surface area contributed by atoms with Crippen molar-refractivity contribution >= 4 is 11.6 Å². The number of hydrogen-bond donors (Lipinski definition) is 1. The summed E-state index contributed by atoms with van der Waals surface area (Å²) >= 11 is 0. The lowest BCUT2D eigenvalue weighted by molar-refractivity contribution is -0.274. The van der Waals surface area contributed by atoms with E-state index in [9.17, 15) is 22.8 Å². The normalized spacial score (nSPS) is 11.3. The van der Waals surface area contributed by atoms with E-state index in [4.69, 9.17) is 0 Å². The van der Waals surface area contributed by atoms with E-state index in [0.29, 0.717) is 11.2 Å². The Morgan fingerprint density at radius 1 is 1.15 bits per heavy atom. The summed E-state index contributed by atoms with van der Waals surface area (Å²) in [6.45, 7) is 0.0298. The van der Waals surface area contributed by atoms with Crippen LogP contribution in [0.25, 0.3) is 5.65 Å². The predicted octanol–water partition coefficient (Wildman–Crippen LogP) is 2.52. The number of pyridine rings is 1. The molecule has 0 radical (unpaired) electrons. The number of nitrogens with one attached hydrogen (secondary N) is 1. The van der Waals surface area contributed by atoms with Gasteiger partial charge in [-0.1, -0.05) is 18.2 Å². The van der Waals surface area contributed by atoms with Crippen molar-refractivity contribution in [3.05, 3.63) is 76.3 Å². The van der Waals surface area contributed by atoms with E-state index >= 15 is 0 Å². The number of fused-ring (bicyclic) bond motifs is 1. The van der Waals surface area contributed by atoms with Gasteiger partial charge in [0.2, 0.25) is 0 Å². The van der Waals surface area contributed by atoms with Crippen molar-refractivity contribution in [1.82, 2.24) is 14.7 Å². The lowest BCUT2D eigenvalue weighted by Gasteiger charge is -2.10. The van der Waals surface area contributed by atoms with Crippen LogP contribution in [0, 0.1) is 0 Å². The summed E-state index contributed by atoms with van der Waals surface area (Å²) in [6.07, 6.45) is -2.07. The maximum atomic E-state index is 12.3. The zero-order valence-electron chi connectivity index (χ0n) is 13.2. The zero-order valence-corrected chi connectivity index (χ0v) is 13.2. The maximum absolute atomic E-state index is 12.3. The maximum Gasteiger partial charge on any atom is 0.573 e. The third-order valence-electron chi connectivity index (χ3n) is 3.47. The molecule has 1 aromatic carbocycles. The van der Waals surface area contributed by atoms with Crippen LogP contribution >= 0.6 is 0 Å². The van der Waals surface area contributed by atoms with Crippen molar-refractivity contribution in [1.29, 1.82) is 0 Å². The van der Waals surface area contributed by atoms with E-state index in [1.54, 1.807) is 18.2 Å². The molecule has 0 aliphatic carbocycles. The molecule has 0 aliphatic rings. The van der Waals surface area contributed by atoms with Gasteiger partial charge in [-0.25, -0.2) is 4.98 Å². The summed E-state index contributed by atoms with van der Waals surface area (Å²) in [5, 5.41) is 2.53. The highest BCUT2D eigenvalue weighted by molar-refractivity contribution is 5.93. The molecule has 26 heavy (non-hydrogen) atoms. The molecular formula is C17H12F3N3O3. The quantitative estimate of drug-likeness (QED) is 0.773. The largest absolute Gasteiger partial charge is 0.573 e. The fourth-order valence-corrected chi connectivity index (χ4v) is 2.27. The first-order chi connectivity index (χ1) is 12.3. The Morgan fingerprint density at radius 2 is 1.88 bits per heavy atom. The summed E-state index contributed by atoms with van der Waals surface area (Å²) in [5.41, 5.74) is 0.309. The van der Waals surface area contributed by atoms with Crippen LogP contribution in [0.2, 0.25) is 0 Å². The number of carbonyl (C=O) groups is 1. The van der Waals surface area contributed by atoms with Gasteiger partial charge in [-0.3, -0.25) is 14.0 Å². The van der Waals surface area contributed by atoms with Crippen LogP contribution in [-0.4, -0.2) is 21.7 Å². The number of carbonyl (C=O) groups excluding carboxylic acids is 1. The molecule has 0 bridgehead atoms. The number of benzene rings is 1. The molecule has 1 amide bonds. The summed E-state index contributed by atoms with van der Waals surface area (Å²) in [4.78, 5) is 28.5. The molecule has 9 heteroatoms. The molecular weight excluding hydrogens is 351 g/mol. The molecule has 0 atom stereocenters. The highest BCUT2D eigenvalue weighted by Crippen LogP contribution is 2.22. The summed E-state index contributed by atoms with van der Waals surface area (Å²) in [6, 6.07) is 10.0. The molecule has 0 saturated heterocycles. The van der Waals surface area contributed by atoms with Gasteiger partial charge in [0.25, 0.3) is 11.5 Å². The summed E-state index contributed by atoms with van der Waals surface area (Å²) < 4.78 is 41.4. The molecule has 134 valence electrons. The van der Waals surface area contributed by atoms with Crippen LogP contribution in [0.5, 0.6) is 5.75 Å². The molecule has 0 saturated carbocycles. The van der Waals surface area contributed by atoms with Crippen LogP contribution < -0.4 is 15.6 Å². The van der Waals surface area contributed by atoms with Crippen molar-refractivity contribution in [3.8, 4) is 5.75 Å². The molecule has 0 aliphatic heterocycles. The Balaban J connectivity index is 1.69. The van der Waals surface area contributed by atoms with Gasteiger partial charge in [0.15, 0.2) is 0 Å². The number of ether oxygens (including phenoxy) is 1. The number of alkyl halides is 3. The van der Waals surface area contributed by atoms with Gasteiger partial charge in [0.05, 0.1) is 0 Å². The number of halogens is 3. The number of rotatable bonds is 4. The average molecular weight is 363 g/mol. The smallest absolute Gasteiger partial charge is 0.406 e. The number of aromatic nitrogens is 2. The van der Waals surface area contributed by atoms with E-state index < -0.39 is 17.8 Å². The van der Waals surface area contributed by atoms with Gasteiger partial charge in [-0.15, -0.1) is 13.2 Å². The minimum Gasteiger partial charge on any atom is -0.406 e. The van der Waals surface area contributed by atoms with E-state index in [-0.39, 0.29) is 17.9 Å². The molecule has 2 aromatic heterocycles. The molecule has 3 rings (SSSR count). The highest BCUT2D eigenvalue weighted by atomic mass is 19.4. The van der Waals surface area contributed by atoms with Crippen molar-refractivity contribution < 1.29 is 22.7 Å². The molecule has 3 aromatic rings. The molecule has 0 unspecified atom stereocenters. The fraction of sp³-hybridized carbons (Fsp3) is 0.118. The molecule has 0 spiro atoms. The number of hydrogen-bond acceptors (Lipinski definition) is 4. The second-order valence-electron chi connectivity index (χ2n) is 5.28. The predicted molar refractivity (Wildman–Crippen MR) is 85.8 cm³/mol. The van der Waals surface area contributed by atoms with E-state index in [0.717, 1.165) is 12.1 Å². The first-order valence-electron chi connectivity index (χ1n) is 7.43. The first-order valence-corrected chi connectivity index (χ1v) is 7.43. The minimum atomic E-state index is -4.76. The van der Waals surface area contributed by atoms with Gasteiger partial charge < -0.3 is 10.1 Å². The van der Waals surface area contributed by atoms with Crippen LogP contribution in [0.15, 0.2) is 59.7 Å². The first kappa shape index (κ1) is 17.5. The van der Waals surface area contributed by atoms with Gasteiger partial charge in [0, 0.05) is 18.9 Å². The van der Waals surface area contributed by atoms with Crippen LogP contribution in [0.4, 0.5) is 13.2 Å². The molecule has 6 nitrogen and oxygen atoms in total. The van der Waals surface area contributed by atoms with Crippen LogP contribution in [0.3, 0.4) is 0 Å². The van der Waals surface area contributed by atoms with Gasteiger partial charge in [-0.2, -0.15) is 0 Å². The highest BCUT2D eigenvalue weighted by Gasteiger charge is 2.30. The minimum absolute atomic E-state index is 0.0298. The van der Waals surface area contributed by atoms with Crippen molar-refractivity contribution in [3.63, 3.8) is 0 Å². The number of nitrogens with zero attached hydrogens (tertiary/aromatic N) is 2. The summed E-state index contributed by atoms with van der Waals surface area (Å²) in [7, 11) is 0. The third-order valence-corrected chi connectivity index (χ3v) is 3.47. The second kappa shape index (κ2) is 6.87. The Bertz CT molecular complexity index is 998. The van der Waals surface area contributed by atoms with Crippen LogP contribution in [-0.2, 0) is 6.54 Å². The van der Waals surface area contributed by atoms with E-state index in [2.05, 4.69) is 15.0 Å². The lowest BCUT2D eigenvalue weighted by atomic mass is 10.2. The molecule has 2 heterocycles. The van der Waals surface area contributed by atoms with Gasteiger partial charge in [0.1, 0.15) is 17.0 Å². The SMILES string of the molecule is O=C(NCc1ccc(OC(F)(F)F)cc1)c1cnc2ccccn2c1=O. The third kappa shape index (κ3) is 4.00. The summed E-state index contributed by atoms with van der Waals surface area (Å²) in [5.74, 6) is -0.985. The topological polar surface area (TPSA) is 72.7 Å². The Hall–Kier alpha value is -3.36. The van der Waals surface area contributed by atoms with Crippen molar-refractivity contribution in [2.45, 2.75) is 12.9 Å². The van der Waals surface area contributed by atoms with Crippen molar-refractivity contribution in [2.75, 3.05) is 0 Å². The lowest BCUT2D eigenvalue weighted by Crippen LogP contribution is -2.31. The second-order valence-corrected chi connectivity index (χ2v) is 5.28. The fourth-order valence-electron chi connectivity index (χ4n) is 2.27. The molecule has 1 N–H and O–H groups in total. The van der Waals surface area contributed by atoms with Gasteiger partial charge >= 0.3 is 6.36 Å². The monoisotopic (exact) mass is 363 g/mol. The average Bonchev–Trinajstić information content (AvgIpc) is 2.60. The van der Waals surface area contributed by atoms with Gasteiger partial charge in [-0.05, 0) is 29.8 Å². The van der Waals surface area contributed by atoms with Crippen molar-refractivity contribution in [2.24, 2.45) is 0 Å². The Kier molecular flexibility index (Phi) is 4.61. The Labute approximate surface area is 144 Å². The Morgan fingerprint density at radius 3 is 2.58 bits per heavy atom. The van der Waals surface area contributed by atoms with E-state index in [1.807, 2.05) is 0 Å². The zero-order chi connectivity index (χ0) is 18.7. The molecule has 0 fully saturated rings. The van der Waals surface area contributed by atoms with E-state index in [1.165, 1.54) is 28.9 Å².